The number of hydrogen-bond donors (Lipinski definition) is 2. The molecule has 0 radical (unpaired) electrons. The molecule has 0 bridgehead atoms. The molecular weight excluding hydrogens is 374 g/mol. The molecule has 2 N–H and O–H groups in total. The van der Waals surface area contributed by atoms with Gasteiger partial charge in [-0.1, -0.05) is 41.9 Å². The number of nitrogens with one attached hydrogen (secondary N) is 2. The second-order valence-electron chi connectivity index (χ2n) is 7.58. The predicted octanol–water partition coefficient (Wildman–Crippen LogP) is 3.55. The van der Waals surface area contributed by atoms with Crippen LogP contribution >= 0.6 is 11.6 Å². The maximum Gasteiger partial charge on any atom is 0.228 e. The normalized spacial score (nSPS) is 20.3. The van der Waals surface area contributed by atoms with Crippen molar-refractivity contribution in [1.82, 2.24) is 10.2 Å². The minimum atomic E-state index is -0.406. The van der Waals surface area contributed by atoms with E-state index in [1.54, 1.807) is 0 Å². The molecule has 1 saturated heterocycles. The fraction of sp³-hybridized carbons (Fsp3) is 0.364. The number of piperidine rings is 1. The lowest BCUT2D eigenvalue weighted by atomic mass is 9.89. The first-order chi connectivity index (χ1) is 13.6. The molecule has 2 heterocycles. The molecule has 4 rings (SSSR count). The fourth-order valence-corrected chi connectivity index (χ4v) is 4.16. The highest BCUT2D eigenvalue weighted by atomic mass is 35.5. The van der Waals surface area contributed by atoms with E-state index in [1.165, 1.54) is 5.56 Å². The number of fused-ring (bicyclic) bond motifs is 1. The molecule has 2 aromatic carbocycles. The molecule has 6 heteroatoms. The molecule has 1 unspecified atom stereocenters. The van der Waals surface area contributed by atoms with Gasteiger partial charge in [0.15, 0.2) is 0 Å². The van der Waals surface area contributed by atoms with Crippen LogP contribution in [0.3, 0.4) is 0 Å². The van der Waals surface area contributed by atoms with Gasteiger partial charge in [-0.2, -0.15) is 0 Å². The standard InChI is InChI=1S/C22H24ClN3O2/c23-16-7-5-15(6-8-16)14-26-11-9-17(10-12-26)24-22(28)19-13-21(27)25-20-4-2-1-3-18(19)20/h1-8,17,19H,9-14H2,(H,24,28)(H,25,27). The Morgan fingerprint density at radius 3 is 2.57 bits per heavy atom. The molecule has 0 aliphatic carbocycles. The number of amides is 2. The van der Waals surface area contributed by atoms with Crippen molar-refractivity contribution in [2.24, 2.45) is 0 Å². The number of carbonyl (C=O) groups is 2. The zero-order chi connectivity index (χ0) is 19.5. The predicted molar refractivity (Wildman–Crippen MR) is 110 cm³/mol. The smallest absolute Gasteiger partial charge is 0.228 e. The van der Waals surface area contributed by atoms with Crippen LogP contribution in [0.25, 0.3) is 0 Å². The van der Waals surface area contributed by atoms with Gasteiger partial charge in [-0.05, 0) is 42.2 Å². The van der Waals surface area contributed by atoms with Crippen molar-refractivity contribution < 1.29 is 9.59 Å². The molecule has 0 spiro atoms. The number of halogens is 1. The summed E-state index contributed by atoms with van der Waals surface area (Å²) >= 11 is 5.95. The molecule has 0 aromatic heterocycles. The van der Waals surface area contributed by atoms with Crippen LogP contribution < -0.4 is 10.6 Å². The summed E-state index contributed by atoms with van der Waals surface area (Å²) < 4.78 is 0. The summed E-state index contributed by atoms with van der Waals surface area (Å²) in [7, 11) is 0. The van der Waals surface area contributed by atoms with E-state index in [4.69, 9.17) is 11.6 Å². The first-order valence-corrected chi connectivity index (χ1v) is 10.1. The van der Waals surface area contributed by atoms with Crippen LogP contribution in [-0.4, -0.2) is 35.8 Å². The van der Waals surface area contributed by atoms with Crippen molar-refractivity contribution in [1.29, 1.82) is 0 Å². The highest BCUT2D eigenvalue weighted by molar-refractivity contribution is 6.30. The van der Waals surface area contributed by atoms with Crippen LogP contribution in [0.1, 0.15) is 36.3 Å². The van der Waals surface area contributed by atoms with Gasteiger partial charge in [0, 0.05) is 42.8 Å². The van der Waals surface area contributed by atoms with Gasteiger partial charge in [-0.3, -0.25) is 14.5 Å². The minimum absolute atomic E-state index is 0.0431. The second kappa shape index (κ2) is 8.33. The largest absolute Gasteiger partial charge is 0.353 e. The number of nitrogens with zero attached hydrogens (tertiary/aromatic N) is 1. The van der Waals surface area contributed by atoms with Crippen LogP contribution in [0.5, 0.6) is 0 Å². The number of carbonyl (C=O) groups excluding carboxylic acids is 2. The molecule has 2 amide bonds. The Hall–Kier alpha value is -2.37. The van der Waals surface area contributed by atoms with Crippen LogP contribution in [0.4, 0.5) is 5.69 Å². The quantitative estimate of drug-likeness (QED) is 0.829. The molecule has 146 valence electrons. The van der Waals surface area contributed by atoms with Gasteiger partial charge in [0.25, 0.3) is 0 Å². The van der Waals surface area contributed by atoms with Crippen LogP contribution in [0.15, 0.2) is 48.5 Å². The van der Waals surface area contributed by atoms with Crippen molar-refractivity contribution in [3.63, 3.8) is 0 Å². The van der Waals surface area contributed by atoms with Crippen LogP contribution in [0.2, 0.25) is 5.02 Å². The van der Waals surface area contributed by atoms with Crippen molar-refractivity contribution >= 4 is 29.1 Å². The molecule has 2 aliphatic rings. The first-order valence-electron chi connectivity index (χ1n) is 9.74. The summed E-state index contributed by atoms with van der Waals surface area (Å²) in [5.74, 6) is -0.549. The maximum absolute atomic E-state index is 12.9. The highest BCUT2D eigenvalue weighted by Gasteiger charge is 2.32. The minimum Gasteiger partial charge on any atom is -0.353 e. The fourth-order valence-electron chi connectivity index (χ4n) is 4.03. The summed E-state index contributed by atoms with van der Waals surface area (Å²) in [5.41, 5.74) is 2.90. The summed E-state index contributed by atoms with van der Waals surface area (Å²) in [6.07, 6.45) is 2.04. The van der Waals surface area contributed by atoms with E-state index in [0.717, 1.165) is 48.7 Å². The monoisotopic (exact) mass is 397 g/mol. The molecule has 0 saturated carbocycles. The van der Waals surface area contributed by atoms with Gasteiger partial charge in [-0.15, -0.1) is 0 Å². The van der Waals surface area contributed by atoms with Gasteiger partial charge in [0.1, 0.15) is 0 Å². The average Bonchev–Trinajstić information content (AvgIpc) is 2.70. The molecular formula is C22H24ClN3O2. The molecule has 1 fully saturated rings. The average molecular weight is 398 g/mol. The molecule has 1 atom stereocenters. The Morgan fingerprint density at radius 2 is 1.82 bits per heavy atom. The van der Waals surface area contributed by atoms with Crippen molar-refractivity contribution in [2.75, 3.05) is 18.4 Å². The third-order valence-electron chi connectivity index (χ3n) is 5.57. The Labute approximate surface area is 170 Å². The molecule has 2 aliphatic heterocycles. The maximum atomic E-state index is 12.9. The lowest BCUT2D eigenvalue weighted by molar-refractivity contribution is -0.127. The number of rotatable bonds is 4. The number of anilines is 1. The summed E-state index contributed by atoms with van der Waals surface area (Å²) in [4.78, 5) is 27.2. The molecule has 5 nitrogen and oxygen atoms in total. The number of hydrogen-bond acceptors (Lipinski definition) is 3. The van der Waals surface area contributed by atoms with E-state index in [-0.39, 0.29) is 24.3 Å². The van der Waals surface area contributed by atoms with E-state index in [9.17, 15) is 9.59 Å². The SMILES string of the molecule is O=C1CC(C(=O)NC2CCN(Cc3ccc(Cl)cc3)CC2)c2ccccc2N1. The summed E-state index contributed by atoms with van der Waals surface area (Å²) in [6, 6.07) is 15.7. The molecule has 2 aromatic rings. The van der Waals surface area contributed by atoms with Crippen molar-refractivity contribution in [3.05, 3.63) is 64.7 Å². The lowest BCUT2D eigenvalue weighted by Crippen LogP contribution is -2.46. The molecule has 28 heavy (non-hydrogen) atoms. The zero-order valence-corrected chi connectivity index (χ0v) is 16.4. The Balaban J connectivity index is 1.32. The van der Waals surface area contributed by atoms with Gasteiger partial charge >= 0.3 is 0 Å². The van der Waals surface area contributed by atoms with Crippen molar-refractivity contribution in [3.8, 4) is 0 Å². The van der Waals surface area contributed by atoms with Gasteiger partial charge in [-0.25, -0.2) is 0 Å². The highest BCUT2D eigenvalue weighted by Crippen LogP contribution is 2.32. The summed E-state index contributed by atoms with van der Waals surface area (Å²) in [6.45, 7) is 2.78. The second-order valence-corrected chi connectivity index (χ2v) is 8.01. The van der Waals surface area contributed by atoms with E-state index in [0.29, 0.717) is 0 Å². The Kier molecular flexibility index (Phi) is 5.64. The summed E-state index contributed by atoms with van der Waals surface area (Å²) in [5, 5.41) is 6.78. The van der Waals surface area contributed by atoms with Crippen LogP contribution in [0, 0.1) is 0 Å². The van der Waals surface area contributed by atoms with Gasteiger partial charge in [0.2, 0.25) is 11.8 Å². The number of likely N-dealkylation sites (tertiary alicyclic amines) is 1. The third kappa shape index (κ3) is 4.37. The van der Waals surface area contributed by atoms with Gasteiger partial charge < -0.3 is 10.6 Å². The number of benzene rings is 2. The third-order valence-corrected chi connectivity index (χ3v) is 5.82. The Morgan fingerprint density at radius 1 is 1.11 bits per heavy atom. The lowest BCUT2D eigenvalue weighted by Gasteiger charge is -2.33. The number of para-hydroxylation sites is 1. The van der Waals surface area contributed by atoms with E-state index >= 15 is 0 Å². The van der Waals surface area contributed by atoms with E-state index < -0.39 is 5.92 Å². The first kappa shape index (κ1) is 19.0. The van der Waals surface area contributed by atoms with Gasteiger partial charge in [0.05, 0.1) is 5.92 Å². The topological polar surface area (TPSA) is 61.4 Å². The Bertz CT molecular complexity index is 860. The van der Waals surface area contributed by atoms with E-state index in [1.807, 2.05) is 36.4 Å². The van der Waals surface area contributed by atoms with E-state index in [2.05, 4.69) is 27.7 Å². The van der Waals surface area contributed by atoms with Crippen LogP contribution in [-0.2, 0) is 16.1 Å². The zero-order valence-electron chi connectivity index (χ0n) is 15.7. The van der Waals surface area contributed by atoms with Crippen molar-refractivity contribution in [2.45, 2.75) is 37.8 Å².